The fourth-order valence-electron chi connectivity index (χ4n) is 3.89. The number of nitro benzene ring substituents is 1. The van der Waals surface area contributed by atoms with Gasteiger partial charge in [-0.3, -0.25) is 15.0 Å². The van der Waals surface area contributed by atoms with Crippen LogP contribution >= 0.6 is 22.7 Å². The summed E-state index contributed by atoms with van der Waals surface area (Å²) in [6.45, 7) is 3.93. The summed E-state index contributed by atoms with van der Waals surface area (Å²) in [6.07, 6.45) is -0.850. The van der Waals surface area contributed by atoms with Gasteiger partial charge in [0.15, 0.2) is 0 Å². The number of benzene rings is 1. The van der Waals surface area contributed by atoms with Crippen LogP contribution in [0.4, 0.5) is 11.5 Å². The number of rotatable bonds is 8. The lowest BCUT2D eigenvalue weighted by molar-refractivity contribution is -0.384. The highest BCUT2D eigenvalue weighted by Crippen LogP contribution is 2.39. The zero-order valence-electron chi connectivity index (χ0n) is 18.2. The number of nitrogens with zero attached hydrogens (tertiary/aromatic N) is 4. The van der Waals surface area contributed by atoms with Crippen molar-refractivity contribution in [3.05, 3.63) is 68.7 Å². The number of hydrogen-bond donors (Lipinski definition) is 2. The maximum Gasteiger partial charge on any atom is 0.269 e. The maximum atomic E-state index is 10.9. The van der Waals surface area contributed by atoms with Crippen LogP contribution in [0.3, 0.4) is 0 Å². The minimum atomic E-state index is -0.850. The lowest BCUT2D eigenvalue weighted by Crippen LogP contribution is -2.36. The number of thiophene rings is 2. The molecular weight excluding hydrogens is 474 g/mol. The molecule has 9 nitrogen and oxygen atoms in total. The van der Waals surface area contributed by atoms with Crippen LogP contribution in [0.2, 0.25) is 0 Å². The second-order valence-electron chi connectivity index (χ2n) is 7.93. The van der Waals surface area contributed by atoms with Gasteiger partial charge in [0.25, 0.3) is 5.69 Å². The van der Waals surface area contributed by atoms with Gasteiger partial charge in [0, 0.05) is 47.6 Å². The van der Waals surface area contributed by atoms with Crippen LogP contribution in [0.25, 0.3) is 20.7 Å². The molecule has 1 unspecified atom stereocenters. The Morgan fingerprint density at radius 2 is 1.97 bits per heavy atom. The van der Waals surface area contributed by atoms with E-state index in [2.05, 4.69) is 21.7 Å². The first-order valence-electron chi connectivity index (χ1n) is 10.9. The van der Waals surface area contributed by atoms with Crippen LogP contribution in [-0.2, 0) is 11.3 Å². The van der Waals surface area contributed by atoms with Crippen molar-refractivity contribution in [2.24, 2.45) is 0 Å². The number of morpholine rings is 1. The third kappa shape index (κ3) is 4.93. The van der Waals surface area contributed by atoms with Crippen molar-refractivity contribution < 1.29 is 14.8 Å². The van der Waals surface area contributed by atoms with E-state index < -0.39 is 11.0 Å². The monoisotopic (exact) mass is 497 g/mol. The van der Waals surface area contributed by atoms with Gasteiger partial charge in [-0.05, 0) is 29.1 Å². The molecule has 0 aliphatic carbocycles. The van der Waals surface area contributed by atoms with E-state index in [0.29, 0.717) is 31.1 Å². The molecule has 0 radical (unpaired) electrons. The minimum Gasteiger partial charge on any atom is -0.387 e. The predicted molar refractivity (Wildman–Crippen MR) is 133 cm³/mol. The van der Waals surface area contributed by atoms with Crippen LogP contribution in [0.1, 0.15) is 17.5 Å². The second kappa shape index (κ2) is 10.1. The molecule has 0 bridgehead atoms. The number of hydrogen-bond acceptors (Lipinski definition) is 10. The summed E-state index contributed by atoms with van der Waals surface area (Å²) < 4.78 is 5.45. The molecule has 1 saturated heterocycles. The molecule has 1 aliphatic rings. The van der Waals surface area contributed by atoms with Crippen molar-refractivity contribution in [3.8, 4) is 10.4 Å². The largest absolute Gasteiger partial charge is 0.387 e. The molecule has 34 heavy (non-hydrogen) atoms. The van der Waals surface area contributed by atoms with Crippen LogP contribution in [-0.4, -0.2) is 57.7 Å². The van der Waals surface area contributed by atoms with Gasteiger partial charge in [0.2, 0.25) is 0 Å². The van der Waals surface area contributed by atoms with Crippen molar-refractivity contribution in [3.63, 3.8) is 0 Å². The highest BCUT2D eigenvalue weighted by Gasteiger charge is 2.19. The lowest BCUT2D eigenvalue weighted by atomic mass is 10.1. The lowest BCUT2D eigenvalue weighted by Gasteiger charge is -2.26. The Kier molecular flexibility index (Phi) is 6.79. The Labute approximate surface area is 203 Å². The highest BCUT2D eigenvalue weighted by molar-refractivity contribution is 7.18. The summed E-state index contributed by atoms with van der Waals surface area (Å²) in [5.41, 5.74) is 1.66. The summed E-state index contributed by atoms with van der Waals surface area (Å²) in [5, 5.41) is 30.0. The second-order valence-corrected chi connectivity index (χ2v) is 9.73. The Balaban J connectivity index is 1.43. The molecule has 1 aromatic carbocycles. The van der Waals surface area contributed by atoms with Crippen molar-refractivity contribution >= 4 is 44.4 Å². The van der Waals surface area contributed by atoms with Crippen LogP contribution < -0.4 is 5.32 Å². The first-order valence-corrected chi connectivity index (χ1v) is 12.6. The van der Waals surface area contributed by atoms with Crippen molar-refractivity contribution in [2.75, 3.05) is 38.2 Å². The molecule has 0 spiro atoms. The molecule has 11 heteroatoms. The summed E-state index contributed by atoms with van der Waals surface area (Å²) in [6, 6.07) is 10.0. The molecule has 2 N–H and O–H groups in total. The Morgan fingerprint density at radius 1 is 1.18 bits per heavy atom. The third-order valence-corrected chi connectivity index (χ3v) is 7.46. The predicted octanol–water partition coefficient (Wildman–Crippen LogP) is 4.31. The molecule has 1 fully saturated rings. The van der Waals surface area contributed by atoms with Gasteiger partial charge in [-0.25, -0.2) is 9.97 Å². The van der Waals surface area contributed by atoms with Crippen molar-refractivity contribution in [2.45, 2.75) is 12.6 Å². The van der Waals surface area contributed by atoms with Gasteiger partial charge in [-0.2, -0.15) is 0 Å². The van der Waals surface area contributed by atoms with E-state index in [9.17, 15) is 15.2 Å². The standard InChI is InChI=1S/C23H23N5O4S2/c29-18(15-3-5-16(6-4-15)28(30)31)12-24-22-21-17(19-2-1-11-33-19)14-34-23(21)26-20(25-22)13-27-7-9-32-10-8-27/h1-6,11,14,18,29H,7-10,12-13H2,(H,24,25,26). The smallest absolute Gasteiger partial charge is 0.269 e. The average Bonchev–Trinajstić information content (AvgIpc) is 3.53. The van der Waals surface area contributed by atoms with Crippen LogP contribution in [0, 0.1) is 10.1 Å². The Bertz CT molecular complexity index is 1270. The number of aliphatic hydroxyl groups is 1. The van der Waals surface area contributed by atoms with E-state index >= 15 is 0 Å². The molecule has 1 atom stereocenters. The zero-order chi connectivity index (χ0) is 23.5. The van der Waals surface area contributed by atoms with E-state index in [1.165, 1.54) is 12.1 Å². The van der Waals surface area contributed by atoms with Crippen molar-refractivity contribution in [1.29, 1.82) is 0 Å². The van der Waals surface area contributed by atoms with Crippen LogP contribution in [0.15, 0.2) is 47.2 Å². The van der Waals surface area contributed by atoms with Crippen molar-refractivity contribution in [1.82, 2.24) is 14.9 Å². The van der Waals surface area contributed by atoms with E-state index in [1.807, 2.05) is 11.4 Å². The molecule has 4 heterocycles. The first kappa shape index (κ1) is 22.8. The maximum absolute atomic E-state index is 10.9. The van der Waals surface area contributed by atoms with Crippen LogP contribution in [0.5, 0.6) is 0 Å². The number of aromatic nitrogens is 2. The number of fused-ring (bicyclic) bond motifs is 1. The molecular formula is C23H23N5O4S2. The molecule has 0 amide bonds. The SMILES string of the molecule is O=[N+]([O-])c1ccc(C(O)CNc2nc(CN3CCOCC3)nc3scc(-c4cccs4)c23)cc1. The molecule has 5 rings (SSSR count). The first-order chi connectivity index (χ1) is 16.6. The molecule has 0 saturated carbocycles. The average molecular weight is 498 g/mol. The van der Waals surface area contributed by atoms with E-state index in [1.54, 1.807) is 34.8 Å². The number of aliphatic hydroxyl groups excluding tert-OH is 1. The summed E-state index contributed by atoms with van der Waals surface area (Å²) in [7, 11) is 0. The molecule has 1 aliphatic heterocycles. The van der Waals surface area contributed by atoms with Gasteiger partial charge in [-0.1, -0.05) is 6.07 Å². The minimum absolute atomic E-state index is 0.00645. The highest BCUT2D eigenvalue weighted by atomic mass is 32.1. The number of non-ortho nitro benzene ring substituents is 1. The van der Waals surface area contributed by atoms with E-state index in [-0.39, 0.29) is 12.2 Å². The number of nitro groups is 1. The number of nitrogens with one attached hydrogen (secondary N) is 1. The summed E-state index contributed by atoms with van der Waals surface area (Å²) >= 11 is 3.24. The van der Waals surface area contributed by atoms with Gasteiger partial charge in [-0.15, -0.1) is 22.7 Å². The Morgan fingerprint density at radius 3 is 2.68 bits per heavy atom. The zero-order valence-corrected chi connectivity index (χ0v) is 19.8. The van der Waals surface area contributed by atoms with Gasteiger partial charge in [0.1, 0.15) is 16.5 Å². The molecule has 4 aromatic rings. The topological polar surface area (TPSA) is 114 Å². The molecule has 176 valence electrons. The molecule has 3 aromatic heterocycles. The van der Waals surface area contributed by atoms with Gasteiger partial charge < -0.3 is 15.2 Å². The summed E-state index contributed by atoms with van der Waals surface area (Å²) in [4.78, 5) is 24.4. The fourth-order valence-corrected chi connectivity index (χ4v) is 5.67. The quantitative estimate of drug-likeness (QED) is 0.274. The van der Waals surface area contributed by atoms with E-state index in [0.717, 1.165) is 39.6 Å². The van der Waals surface area contributed by atoms with Gasteiger partial charge >= 0.3 is 0 Å². The third-order valence-electron chi connectivity index (χ3n) is 5.69. The summed E-state index contributed by atoms with van der Waals surface area (Å²) in [5.74, 6) is 1.40. The Hall–Kier alpha value is -2.96. The van der Waals surface area contributed by atoms with E-state index in [4.69, 9.17) is 14.7 Å². The van der Waals surface area contributed by atoms with Gasteiger partial charge in [0.05, 0.1) is 36.2 Å². The fraction of sp³-hybridized carbons (Fsp3) is 0.304. The number of anilines is 1. The number of ether oxygens (including phenoxy) is 1. The normalized spacial score (nSPS) is 15.4.